The summed E-state index contributed by atoms with van der Waals surface area (Å²) in [7, 11) is 0. The average molecular weight is 449 g/mol. The predicted molar refractivity (Wildman–Crippen MR) is 106 cm³/mol. The minimum atomic E-state index is -3.28. The van der Waals surface area contributed by atoms with E-state index in [0.717, 1.165) is 31.9 Å². The van der Waals surface area contributed by atoms with E-state index in [9.17, 15) is 39.6 Å². The third-order valence-electron chi connectivity index (χ3n) is 5.60. The summed E-state index contributed by atoms with van der Waals surface area (Å²) in [5, 5.41) is 52.2. The molecule has 0 radical (unpaired) electrons. The Morgan fingerprint density at radius 1 is 1.26 bits per heavy atom. The van der Waals surface area contributed by atoms with Crippen molar-refractivity contribution in [2.75, 3.05) is 6.61 Å². The average Bonchev–Trinajstić information content (AvgIpc) is 2.94. The number of hydroxylamine groups is 2. The third-order valence-corrected chi connectivity index (χ3v) is 5.60. The van der Waals surface area contributed by atoms with E-state index in [4.69, 9.17) is 4.74 Å². The van der Waals surface area contributed by atoms with Crippen LogP contribution in [0.4, 0.5) is 4.39 Å². The molecule has 31 heavy (non-hydrogen) atoms. The molecule has 2 heterocycles. The lowest BCUT2D eigenvalue weighted by molar-refractivity contribution is -0.428. The molecular weight excluding hydrogens is 417 g/mol. The summed E-state index contributed by atoms with van der Waals surface area (Å²) in [5.41, 5.74) is -5.38. The number of aromatic amines is 1. The van der Waals surface area contributed by atoms with E-state index in [1.165, 1.54) is 6.92 Å². The number of nitrogens with zero attached hydrogens (tertiary/aromatic N) is 2. The lowest BCUT2D eigenvalue weighted by atomic mass is 9.99. The SMILES string of the molecule is CCCCCCCCC(F)N(O)[C@@]1(O)[C@H](O)[C@@H](CO)O[C@]1(O)n1cc(C)c(=O)[nH]c1=O. The molecule has 0 aliphatic carbocycles. The highest BCUT2D eigenvalue weighted by molar-refractivity contribution is 5.09. The Balaban J connectivity index is 2.33. The van der Waals surface area contributed by atoms with Gasteiger partial charge in [-0.2, -0.15) is 0 Å². The molecule has 0 amide bonds. The van der Waals surface area contributed by atoms with Crippen LogP contribution >= 0.6 is 0 Å². The molecule has 1 aliphatic rings. The second-order valence-corrected chi connectivity index (χ2v) is 7.89. The first-order valence-corrected chi connectivity index (χ1v) is 10.4. The highest BCUT2D eigenvalue weighted by Crippen LogP contribution is 2.44. The number of rotatable bonds is 11. The number of unbranched alkanes of at least 4 members (excludes halogenated alkanes) is 5. The lowest BCUT2D eigenvalue weighted by Gasteiger charge is -2.43. The second-order valence-electron chi connectivity index (χ2n) is 7.89. The molecule has 1 aliphatic heterocycles. The number of hydrogen-bond donors (Lipinski definition) is 6. The normalized spacial score (nSPS) is 29.6. The molecule has 5 atom stereocenters. The predicted octanol–water partition coefficient (Wildman–Crippen LogP) is -0.374. The monoisotopic (exact) mass is 449 g/mol. The number of aliphatic hydroxyl groups is 4. The fraction of sp³-hybridized carbons (Fsp3) is 0.789. The standard InChI is InChI=1S/C19H32FN3O8/c1-3-4-5-6-7-8-9-14(20)23(30)18(28)15(25)13(11-24)31-19(18,29)22-10-12(2)16(26)21-17(22)27/h10,13-15,24-25,28-30H,3-9,11H2,1-2H3,(H,21,26,27)/t13-,14?,15-,18-,19+/m1/s1. The van der Waals surface area contributed by atoms with Crippen LogP contribution in [0.25, 0.3) is 0 Å². The first-order chi connectivity index (χ1) is 14.5. The van der Waals surface area contributed by atoms with Gasteiger partial charge in [-0.15, -0.1) is 5.06 Å². The van der Waals surface area contributed by atoms with Crippen LogP contribution in [0, 0.1) is 6.92 Å². The van der Waals surface area contributed by atoms with Gasteiger partial charge in [0, 0.05) is 11.8 Å². The van der Waals surface area contributed by atoms with E-state index in [0.29, 0.717) is 17.4 Å². The topological polar surface area (TPSA) is 168 Å². The molecule has 1 saturated heterocycles. The molecule has 0 spiro atoms. The number of H-pyrrole nitrogens is 1. The Morgan fingerprint density at radius 3 is 2.48 bits per heavy atom. The van der Waals surface area contributed by atoms with Crippen LogP contribution in [0.1, 0.15) is 57.4 Å². The van der Waals surface area contributed by atoms with Gasteiger partial charge in [-0.25, -0.2) is 13.8 Å². The van der Waals surface area contributed by atoms with Crippen molar-refractivity contribution in [1.29, 1.82) is 0 Å². The van der Waals surface area contributed by atoms with Crippen LogP contribution in [0.2, 0.25) is 0 Å². The number of ether oxygens (including phenoxy) is 1. The third kappa shape index (κ3) is 4.75. The van der Waals surface area contributed by atoms with Gasteiger partial charge in [-0.1, -0.05) is 39.0 Å². The summed E-state index contributed by atoms with van der Waals surface area (Å²) in [6, 6.07) is 0. The van der Waals surface area contributed by atoms with Crippen LogP contribution in [-0.2, 0) is 10.6 Å². The van der Waals surface area contributed by atoms with Crippen LogP contribution in [-0.4, -0.2) is 71.1 Å². The van der Waals surface area contributed by atoms with E-state index in [2.05, 4.69) is 6.92 Å². The van der Waals surface area contributed by atoms with Gasteiger partial charge >= 0.3 is 11.6 Å². The molecule has 0 aromatic carbocycles. The number of alkyl halides is 1. The molecule has 1 unspecified atom stereocenters. The van der Waals surface area contributed by atoms with Gasteiger partial charge in [0.05, 0.1) is 6.61 Å². The Morgan fingerprint density at radius 2 is 1.87 bits per heavy atom. The Labute approximate surface area is 178 Å². The summed E-state index contributed by atoms with van der Waals surface area (Å²) >= 11 is 0. The molecular formula is C19H32FN3O8. The summed E-state index contributed by atoms with van der Waals surface area (Å²) in [6.45, 7) is 2.43. The minimum Gasteiger partial charge on any atom is -0.394 e. The van der Waals surface area contributed by atoms with Crippen LogP contribution < -0.4 is 11.2 Å². The van der Waals surface area contributed by atoms with Gasteiger partial charge in [0.2, 0.25) is 5.72 Å². The van der Waals surface area contributed by atoms with E-state index in [-0.39, 0.29) is 17.0 Å². The summed E-state index contributed by atoms with van der Waals surface area (Å²) in [4.78, 5) is 25.8. The van der Waals surface area contributed by atoms with Crippen molar-refractivity contribution in [2.45, 2.75) is 88.9 Å². The molecule has 1 fully saturated rings. The fourth-order valence-corrected chi connectivity index (χ4v) is 3.69. The molecule has 0 saturated carbocycles. The quantitative estimate of drug-likeness (QED) is 0.114. The molecule has 1 aromatic heterocycles. The molecule has 6 N–H and O–H groups in total. The lowest BCUT2D eigenvalue weighted by Crippen LogP contribution is -2.69. The second kappa shape index (κ2) is 10.3. The largest absolute Gasteiger partial charge is 0.394 e. The Bertz CT molecular complexity index is 848. The number of halogens is 1. The van der Waals surface area contributed by atoms with Crippen LogP contribution in [0.15, 0.2) is 15.8 Å². The highest BCUT2D eigenvalue weighted by atomic mass is 19.1. The van der Waals surface area contributed by atoms with Gasteiger partial charge in [-0.05, 0) is 19.8 Å². The van der Waals surface area contributed by atoms with Gasteiger partial charge in [0.1, 0.15) is 12.2 Å². The van der Waals surface area contributed by atoms with Crippen molar-refractivity contribution in [3.63, 3.8) is 0 Å². The zero-order valence-electron chi connectivity index (χ0n) is 17.7. The molecule has 2 rings (SSSR count). The molecule has 1 aromatic rings. The number of hydrogen-bond acceptors (Lipinski definition) is 9. The van der Waals surface area contributed by atoms with Crippen molar-refractivity contribution in [2.24, 2.45) is 0 Å². The molecule has 12 heteroatoms. The zero-order valence-corrected chi connectivity index (χ0v) is 17.7. The number of nitrogens with one attached hydrogen (secondary N) is 1. The number of aryl methyl sites for hydroxylation is 1. The smallest absolute Gasteiger partial charge is 0.332 e. The van der Waals surface area contributed by atoms with Crippen molar-refractivity contribution >= 4 is 0 Å². The van der Waals surface area contributed by atoms with Crippen molar-refractivity contribution in [3.05, 3.63) is 32.6 Å². The van der Waals surface area contributed by atoms with Gasteiger partial charge in [0.15, 0.2) is 6.30 Å². The van der Waals surface area contributed by atoms with Gasteiger partial charge in [-0.3, -0.25) is 9.78 Å². The first kappa shape index (κ1) is 25.6. The number of aromatic nitrogens is 2. The Kier molecular flexibility index (Phi) is 8.50. The van der Waals surface area contributed by atoms with Crippen molar-refractivity contribution in [1.82, 2.24) is 14.6 Å². The van der Waals surface area contributed by atoms with Crippen molar-refractivity contribution in [3.8, 4) is 0 Å². The number of aliphatic hydroxyl groups excluding tert-OH is 2. The zero-order chi connectivity index (χ0) is 23.4. The molecule has 11 nitrogen and oxygen atoms in total. The van der Waals surface area contributed by atoms with Crippen LogP contribution in [0.5, 0.6) is 0 Å². The van der Waals surface area contributed by atoms with Gasteiger partial charge in [0.25, 0.3) is 5.56 Å². The maximum absolute atomic E-state index is 14.8. The first-order valence-electron chi connectivity index (χ1n) is 10.4. The molecule has 0 bridgehead atoms. The van der Waals surface area contributed by atoms with Crippen LogP contribution in [0.3, 0.4) is 0 Å². The summed E-state index contributed by atoms with van der Waals surface area (Å²) in [6.07, 6.45) is -0.555. The summed E-state index contributed by atoms with van der Waals surface area (Å²) in [5.74, 6) is -3.23. The van der Waals surface area contributed by atoms with Gasteiger partial charge < -0.3 is 30.4 Å². The maximum atomic E-state index is 14.8. The minimum absolute atomic E-state index is 0.0747. The van der Waals surface area contributed by atoms with E-state index >= 15 is 0 Å². The Hall–Kier alpha value is -1.67. The highest BCUT2D eigenvalue weighted by Gasteiger charge is 2.71. The van der Waals surface area contributed by atoms with E-state index in [1.807, 2.05) is 4.98 Å². The van der Waals surface area contributed by atoms with E-state index < -0.39 is 48.0 Å². The molecule has 178 valence electrons. The maximum Gasteiger partial charge on any atom is 0.332 e. The van der Waals surface area contributed by atoms with E-state index in [1.54, 1.807) is 0 Å². The fourth-order valence-electron chi connectivity index (χ4n) is 3.69. The summed E-state index contributed by atoms with van der Waals surface area (Å²) < 4.78 is 20.2. The van der Waals surface area contributed by atoms with Crippen molar-refractivity contribution < 1.29 is 34.8 Å².